The van der Waals surface area contributed by atoms with E-state index in [2.05, 4.69) is 41.7 Å². The average molecular weight is 411 g/mol. The average Bonchev–Trinajstić information content (AvgIpc) is 2.93. The number of benzene rings is 4. The van der Waals surface area contributed by atoms with Crippen molar-refractivity contribution in [2.45, 2.75) is 38.8 Å². The predicted octanol–water partition coefficient (Wildman–Crippen LogP) is 6.27. The van der Waals surface area contributed by atoms with Crippen LogP contribution in [-0.2, 0) is 4.79 Å². The molecular weight excluding hydrogens is 384 g/mol. The third-order valence-corrected chi connectivity index (χ3v) is 6.49. The molecule has 0 saturated heterocycles. The van der Waals surface area contributed by atoms with Crippen LogP contribution in [0.2, 0.25) is 0 Å². The summed E-state index contributed by atoms with van der Waals surface area (Å²) in [4.78, 5) is 13.4. The van der Waals surface area contributed by atoms with E-state index >= 15 is 0 Å². The Morgan fingerprint density at radius 2 is 1.42 bits per heavy atom. The fourth-order valence-corrected chi connectivity index (χ4v) is 4.92. The topological polar surface area (TPSA) is 52.6 Å². The van der Waals surface area contributed by atoms with Gasteiger partial charge in [-0.3, -0.25) is 4.79 Å². The molecule has 0 aliphatic carbocycles. The standard InChI is InChI=1S/C27H26N2O2/c1-26(2)16-23(27(3,4)29(26)31)25(30)28-24-15-22-18-10-6-5-9-17(18)13-14-20(22)19-11-7-8-12-21(19)24/h5-16,31H,1-4H3,(H,28,30). The lowest BCUT2D eigenvalue weighted by Gasteiger charge is -2.35. The molecule has 5 rings (SSSR count). The largest absolute Gasteiger partial charge is 0.322 e. The monoisotopic (exact) mass is 410 g/mol. The van der Waals surface area contributed by atoms with Crippen LogP contribution >= 0.6 is 0 Å². The minimum Gasteiger partial charge on any atom is -0.322 e. The summed E-state index contributed by atoms with van der Waals surface area (Å²) in [5, 5.41) is 21.7. The van der Waals surface area contributed by atoms with Crippen LogP contribution in [0.5, 0.6) is 0 Å². The summed E-state index contributed by atoms with van der Waals surface area (Å²) >= 11 is 0. The van der Waals surface area contributed by atoms with Gasteiger partial charge in [-0.05, 0) is 60.7 Å². The smallest absolute Gasteiger partial charge is 0.253 e. The zero-order valence-electron chi connectivity index (χ0n) is 18.2. The Kier molecular flexibility index (Phi) is 4.23. The van der Waals surface area contributed by atoms with Crippen molar-refractivity contribution < 1.29 is 10.0 Å². The summed E-state index contributed by atoms with van der Waals surface area (Å²) in [7, 11) is 0. The van der Waals surface area contributed by atoms with Gasteiger partial charge in [0, 0.05) is 16.6 Å². The van der Waals surface area contributed by atoms with E-state index in [1.807, 2.05) is 64.1 Å². The van der Waals surface area contributed by atoms with E-state index in [-0.39, 0.29) is 5.91 Å². The lowest BCUT2D eigenvalue weighted by atomic mass is 9.94. The Morgan fingerprint density at radius 1 is 0.806 bits per heavy atom. The molecule has 156 valence electrons. The molecule has 4 nitrogen and oxygen atoms in total. The summed E-state index contributed by atoms with van der Waals surface area (Å²) in [5.41, 5.74) is -0.0671. The maximum Gasteiger partial charge on any atom is 0.253 e. The number of anilines is 1. The van der Waals surface area contributed by atoms with Crippen molar-refractivity contribution in [2.75, 3.05) is 5.32 Å². The zero-order valence-corrected chi connectivity index (χ0v) is 18.2. The van der Waals surface area contributed by atoms with Crippen LogP contribution < -0.4 is 5.32 Å². The SMILES string of the molecule is CC1(C)C=C(C(=O)Nc2cc3c4ccccc4ccc3c3ccccc23)C(C)(C)N1O. The lowest BCUT2D eigenvalue weighted by molar-refractivity contribution is -0.185. The molecule has 0 bridgehead atoms. The molecule has 0 atom stereocenters. The number of nitrogens with one attached hydrogen (secondary N) is 1. The maximum absolute atomic E-state index is 13.4. The first-order valence-corrected chi connectivity index (χ1v) is 10.6. The highest BCUT2D eigenvalue weighted by atomic mass is 16.5. The van der Waals surface area contributed by atoms with Crippen molar-refractivity contribution in [3.63, 3.8) is 0 Å². The van der Waals surface area contributed by atoms with Gasteiger partial charge >= 0.3 is 0 Å². The van der Waals surface area contributed by atoms with Gasteiger partial charge < -0.3 is 10.5 Å². The first-order chi connectivity index (χ1) is 14.7. The second kappa shape index (κ2) is 6.64. The van der Waals surface area contributed by atoms with Gasteiger partial charge in [0.15, 0.2) is 0 Å². The highest BCUT2D eigenvalue weighted by Gasteiger charge is 2.47. The number of hydrogen-bond acceptors (Lipinski definition) is 3. The number of carbonyl (C=O) groups is 1. The van der Waals surface area contributed by atoms with E-state index in [1.54, 1.807) is 0 Å². The minimum absolute atomic E-state index is 0.195. The van der Waals surface area contributed by atoms with Crippen molar-refractivity contribution in [2.24, 2.45) is 0 Å². The quantitative estimate of drug-likeness (QED) is 0.383. The summed E-state index contributed by atoms with van der Waals surface area (Å²) in [6, 6.07) is 22.8. The maximum atomic E-state index is 13.4. The molecule has 1 aliphatic heterocycles. The van der Waals surface area contributed by atoms with Crippen LogP contribution in [0.15, 0.2) is 78.4 Å². The first kappa shape index (κ1) is 19.7. The molecule has 1 heterocycles. The van der Waals surface area contributed by atoms with Crippen LogP contribution in [0.3, 0.4) is 0 Å². The number of hydroxylamine groups is 2. The molecule has 0 spiro atoms. The van der Waals surface area contributed by atoms with Crippen LogP contribution in [0.25, 0.3) is 32.3 Å². The Bertz CT molecular complexity index is 1400. The molecule has 0 fully saturated rings. The van der Waals surface area contributed by atoms with E-state index < -0.39 is 11.1 Å². The van der Waals surface area contributed by atoms with E-state index in [0.717, 1.165) is 32.6 Å². The third kappa shape index (κ3) is 2.94. The molecule has 4 heteroatoms. The van der Waals surface area contributed by atoms with Gasteiger partial charge in [-0.2, -0.15) is 5.06 Å². The zero-order chi connectivity index (χ0) is 22.0. The highest BCUT2D eigenvalue weighted by Crippen LogP contribution is 2.40. The van der Waals surface area contributed by atoms with E-state index in [4.69, 9.17) is 0 Å². The Morgan fingerprint density at radius 3 is 2.10 bits per heavy atom. The molecule has 0 saturated carbocycles. The number of rotatable bonds is 2. The van der Waals surface area contributed by atoms with Crippen molar-refractivity contribution >= 4 is 43.9 Å². The lowest BCUT2D eigenvalue weighted by Crippen LogP contribution is -2.49. The number of hydrogen-bond donors (Lipinski definition) is 2. The Labute approximate surface area is 181 Å². The Hall–Kier alpha value is -3.21. The van der Waals surface area contributed by atoms with Gasteiger partial charge in [-0.25, -0.2) is 0 Å². The third-order valence-electron chi connectivity index (χ3n) is 6.49. The van der Waals surface area contributed by atoms with Gasteiger partial charge in [0.2, 0.25) is 0 Å². The molecule has 1 aliphatic rings. The van der Waals surface area contributed by atoms with Gasteiger partial charge in [0.05, 0.1) is 11.1 Å². The van der Waals surface area contributed by atoms with Gasteiger partial charge in [0.1, 0.15) is 0 Å². The number of nitrogens with zero attached hydrogens (tertiary/aromatic N) is 1. The molecule has 4 aromatic carbocycles. The molecular formula is C27H26N2O2. The highest BCUT2D eigenvalue weighted by molar-refractivity contribution is 6.22. The number of carbonyl (C=O) groups excluding carboxylic acids is 1. The van der Waals surface area contributed by atoms with Crippen molar-refractivity contribution in [3.8, 4) is 0 Å². The Balaban J connectivity index is 1.69. The fourth-order valence-electron chi connectivity index (χ4n) is 4.92. The molecule has 2 N–H and O–H groups in total. The second-order valence-electron chi connectivity index (χ2n) is 9.39. The summed E-state index contributed by atoms with van der Waals surface area (Å²) in [6.45, 7) is 7.51. The van der Waals surface area contributed by atoms with Gasteiger partial charge in [0.25, 0.3) is 5.91 Å². The second-order valence-corrected chi connectivity index (χ2v) is 9.39. The summed E-state index contributed by atoms with van der Waals surface area (Å²) in [6.07, 6.45) is 1.85. The molecule has 0 aromatic heterocycles. The van der Waals surface area contributed by atoms with Crippen LogP contribution in [-0.4, -0.2) is 27.3 Å². The van der Waals surface area contributed by atoms with Crippen molar-refractivity contribution in [1.29, 1.82) is 0 Å². The van der Waals surface area contributed by atoms with Crippen LogP contribution in [0.4, 0.5) is 5.69 Å². The fraction of sp³-hybridized carbons (Fsp3) is 0.222. The number of amides is 1. The molecule has 0 unspecified atom stereocenters. The van der Waals surface area contributed by atoms with E-state index in [9.17, 15) is 10.0 Å². The summed E-state index contributed by atoms with van der Waals surface area (Å²) < 4.78 is 0. The molecule has 1 amide bonds. The van der Waals surface area contributed by atoms with Crippen molar-refractivity contribution in [1.82, 2.24) is 5.06 Å². The van der Waals surface area contributed by atoms with E-state index in [0.29, 0.717) is 5.57 Å². The van der Waals surface area contributed by atoms with Gasteiger partial charge in [-0.15, -0.1) is 0 Å². The van der Waals surface area contributed by atoms with Crippen LogP contribution in [0, 0.1) is 0 Å². The predicted molar refractivity (Wildman–Crippen MR) is 127 cm³/mol. The first-order valence-electron chi connectivity index (χ1n) is 10.6. The normalized spacial score (nSPS) is 17.9. The minimum atomic E-state index is -0.785. The van der Waals surface area contributed by atoms with Crippen molar-refractivity contribution in [3.05, 3.63) is 78.4 Å². The van der Waals surface area contributed by atoms with Crippen LogP contribution in [0.1, 0.15) is 27.7 Å². The molecule has 0 radical (unpaired) electrons. The number of fused-ring (bicyclic) bond motifs is 5. The summed E-state index contributed by atoms with van der Waals surface area (Å²) in [5.74, 6) is -0.195. The van der Waals surface area contributed by atoms with Gasteiger partial charge in [-0.1, -0.05) is 66.7 Å². The van der Waals surface area contributed by atoms with E-state index in [1.165, 1.54) is 10.4 Å². The molecule has 31 heavy (non-hydrogen) atoms. The molecule has 4 aromatic rings.